The molecule has 0 aromatic rings. The van der Waals surface area contributed by atoms with Gasteiger partial charge in [-0.25, -0.2) is 0 Å². The second-order valence-electron chi connectivity index (χ2n) is 11.9. The van der Waals surface area contributed by atoms with Crippen LogP contribution in [0.5, 0.6) is 0 Å². The Morgan fingerprint density at radius 1 is 1.27 bits per heavy atom. The molecule has 4 N–H and O–H groups in total. The molecule has 0 unspecified atom stereocenters. The SMILES string of the molecule is CC1=C(CC[C@H]2C=CC[C@]3(C)[C@@H]([C@H](C)CCCC(C)(C)N)CC[C@@H]23)C[C@@H](O)C[C@@H]1O. The van der Waals surface area contributed by atoms with Gasteiger partial charge in [0.2, 0.25) is 0 Å². The van der Waals surface area contributed by atoms with E-state index in [0.717, 1.165) is 49.0 Å². The molecule has 3 rings (SSSR count). The molecule has 0 saturated heterocycles. The molecule has 0 spiro atoms. The van der Waals surface area contributed by atoms with Gasteiger partial charge in [0.1, 0.15) is 0 Å². The lowest BCUT2D eigenvalue weighted by molar-refractivity contribution is 0.0750. The summed E-state index contributed by atoms with van der Waals surface area (Å²) in [6.07, 6.45) is 15.1. The van der Waals surface area contributed by atoms with Crippen molar-refractivity contribution in [2.24, 2.45) is 34.8 Å². The summed E-state index contributed by atoms with van der Waals surface area (Å²) in [5.41, 5.74) is 8.99. The van der Waals surface area contributed by atoms with Crippen LogP contribution >= 0.6 is 0 Å². The van der Waals surface area contributed by atoms with Gasteiger partial charge in [0.25, 0.3) is 0 Å². The van der Waals surface area contributed by atoms with E-state index in [2.05, 4.69) is 46.8 Å². The molecule has 1 fully saturated rings. The molecule has 0 aromatic heterocycles. The normalized spacial score (nSPS) is 38.1. The highest BCUT2D eigenvalue weighted by Gasteiger charge is 2.50. The molecular formula is C27H47NO2. The first-order chi connectivity index (χ1) is 14.0. The summed E-state index contributed by atoms with van der Waals surface area (Å²) in [4.78, 5) is 0. The van der Waals surface area contributed by atoms with Crippen LogP contribution in [0.25, 0.3) is 0 Å². The van der Waals surface area contributed by atoms with Gasteiger partial charge in [-0.15, -0.1) is 0 Å². The highest BCUT2D eigenvalue weighted by Crippen LogP contribution is 2.59. The van der Waals surface area contributed by atoms with E-state index < -0.39 is 6.10 Å². The molecule has 3 aliphatic rings. The smallest absolute Gasteiger partial charge is 0.0774 e. The molecule has 0 radical (unpaired) electrons. The third-order valence-electron chi connectivity index (χ3n) is 8.92. The van der Waals surface area contributed by atoms with Gasteiger partial charge >= 0.3 is 0 Å². The van der Waals surface area contributed by atoms with Crippen molar-refractivity contribution in [2.75, 3.05) is 0 Å². The topological polar surface area (TPSA) is 66.5 Å². The van der Waals surface area contributed by atoms with Crippen LogP contribution in [-0.4, -0.2) is 28.0 Å². The maximum atomic E-state index is 10.2. The monoisotopic (exact) mass is 417 g/mol. The Morgan fingerprint density at radius 2 is 2.00 bits per heavy atom. The van der Waals surface area contributed by atoms with Crippen molar-refractivity contribution in [1.82, 2.24) is 0 Å². The van der Waals surface area contributed by atoms with Gasteiger partial charge < -0.3 is 15.9 Å². The van der Waals surface area contributed by atoms with E-state index in [1.165, 1.54) is 37.7 Å². The Labute approximate surface area is 185 Å². The van der Waals surface area contributed by atoms with Crippen molar-refractivity contribution in [3.05, 3.63) is 23.3 Å². The van der Waals surface area contributed by atoms with Crippen LogP contribution in [0.4, 0.5) is 0 Å². The molecule has 0 aromatic carbocycles. The first-order valence-corrected chi connectivity index (χ1v) is 12.5. The van der Waals surface area contributed by atoms with E-state index in [1.54, 1.807) is 0 Å². The third kappa shape index (κ3) is 5.40. The quantitative estimate of drug-likeness (QED) is 0.440. The summed E-state index contributed by atoms with van der Waals surface area (Å²) in [6.45, 7) is 11.4. The van der Waals surface area contributed by atoms with Crippen LogP contribution < -0.4 is 5.73 Å². The third-order valence-corrected chi connectivity index (χ3v) is 8.92. The van der Waals surface area contributed by atoms with Gasteiger partial charge in [0.05, 0.1) is 12.2 Å². The number of rotatable bonds is 8. The van der Waals surface area contributed by atoms with Crippen molar-refractivity contribution < 1.29 is 10.2 Å². The van der Waals surface area contributed by atoms with Crippen molar-refractivity contribution >= 4 is 0 Å². The van der Waals surface area contributed by atoms with Crippen molar-refractivity contribution in [1.29, 1.82) is 0 Å². The minimum Gasteiger partial charge on any atom is -0.393 e. The van der Waals surface area contributed by atoms with E-state index >= 15 is 0 Å². The molecular weight excluding hydrogens is 370 g/mol. The van der Waals surface area contributed by atoms with Gasteiger partial charge in [-0.1, -0.05) is 44.4 Å². The van der Waals surface area contributed by atoms with E-state index in [9.17, 15) is 10.2 Å². The van der Waals surface area contributed by atoms with Gasteiger partial charge in [0.15, 0.2) is 0 Å². The Kier molecular flexibility index (Phi) is 7.58. The molecule has 30 heavy (non-hydrogen) atoms. The molecule has 0 aliphatic heterocycles. The first-order valence-electron chi connectivity index (χ1n) is 12.5. The van der Waals surface area contributed by atoms with Gasteiger partial charge in [-0.3, -0.25) is 0 Å². The Hall–Kier alpha value is -0.640. The summed E-state index contributed by atoms with van der Waals surface area (Å²) in [5.74, 6) is 3.00. The van der Waals surface area contributed by atoms with Crippen molar-refractivity contribution in [3.63, 3.8) is 0 Å². The van der Waals surface area contributed by atoms with E-state index in [-0.39, 0.29) is 11.6 Å². The number of aliphatic hydroxyl groups is 2. The summed E-state index contributed by atoms with van der Waals surface area (Å²) in [6, 6.07) is 0. The lowest BCUT2D eigenvalue weighted by atomic mass is 9.60. The van der Waals surface area contributed by atoms with Crippen LogP contribution in [0, 0.1) is 29.1 Å². The fraction of sp³-hybridized carbons (Fsp3) is 0.852. The molecule has 7 atom stereocenters. The van der Waals surface area contributed by atoms with Gasteiger partial charge in [-0.2, -0.15) is 0 Å². The Bertz CT molecular complexity index is 646. The maximum Gasteiger partial charge on any atom is 0.0774 e. The zero-order chi connectivity index (χ0) is 22.1. The molecule has 0 amide bonds. The van der Waals surface area contributed by atoms with Gasteiger partial charge in [0, 0.05) is 12.0 Å². The summed E-state index contributed by atoms with van der Waals surface area (Å²) < 4.78 is 0. The lowest BCUT2D eigenvalue weighted by Crippen LogP contribution is -2.37. The molecule has 3 nitrogen and oxygen atoms in total. The number of fused-ring (bicyclic) bond motifs is 1. The average molecular weight is 418 g/mol. The minimum absolute atomic E-state index is 0.0480. The van der Waals surface area contributed by atoms with Crippen LogP contribution in [-0.2, 0) is 0 Å². The van der Waals surface area contributed by atoms with Crippen LogP contribution in [0.15, 0.2) is 23.3 Å². The predicted molar refractivity (Wildman–Crippen MR) is 126 cm³/mol. The zero-order valence-electron chi connectivity index (χ0n) is 20.2. The Morgan fingerprint density at radius 3 is 2.70 bits per heavy atom. The number of aliphatic hydroxyl groups excluding tert-OH is 2. The van der Waals surface area contributed by atoms with Crippen molar-refractivity contribution in [3.8, 4) is 0 Å². The Balaban J connectivity index is 1.61. The lowest BCUT2D eigenvalue weighted by Gasteiger charge is -2.44. The van der Waals surface area contributed by atoms with Crippen LogP contribution in [0.2, 0.25) is 0 Å². The second kappa shape index (κ2) is 9.46. The number of hydrogen-bond acceptors (Lipinski definition) is 3. The van der Waals surface area contributed by atoms with Crippen molar-refractivity contribution in [2.45, 2.75) is 117 Å². The highest BCUT2D eigenvalue weighted by atomic mass is 16.3. The number of nitrogens with two attached hydrogens (primary N) is 1. The van der Waals surface area contributed by atoms with Crippen LogP contribution in [0.1, 0.15) is 98.8 Å². The summed E-state index contributed by atoms with van der Waals surface area (Å²) >= 11 is 0. The van der Waals surface area contributed by atoms with E-state index in [0.29, 0.717) is 17.8 Å². The largest absolute Gasteiger partial charge is 0.393 e. The molecule has 1 saturated carbocycles. The highest BCUT2D eigenvalue weighted by molar-refractivity contribution is 5.21. The van der Waals surface area contributed by atoms with E-state index in [4.69, 9.17) is 5.73 Å². The molecule has 172 valence electrons. The first kappa shape index (κ1) is 24.0. The molecule has 3 aliphatic carbocycles. The fourth-order valence-corrected chi connectivity index (χ4v) is 7.08. The zero-order valence-corrected chi connectivity index (χ0v) is 20.2. The summed E-state index contributed by atoms with van der Waals surface area (Å²) in [7, 11) is 0. The predicted octanol–water partition coefficient (Wildman–Crippen LogP) is 5.75. The maximum absolute atomic E-state index is 10.2. The number of hydrogen-bond donors (Lipinski definition) is 3. The van der Waals surface area contributed by atoms with E-state index in [1.807, 2.05) is 0 Å². The summed E-state index contributed by atoms with van der Waals surface area (Å²) in [5, 5.41) is 20.3. The molecule has 0 bridgehead atoms. The second-order valence-corrected chi connectivity index (χ2v) is 11.9. The standard InChI is InChI=1S/C27H47NO2/c1-18(8-6-14-26(3,4)28)23-12-13-24-20(9-7-15-27(23,24)5)10-11-21-16-22(29)17-25(30)19(21)2/h7,9,18,20,22-25,29-30H,6,8,10-17,28H2,1-5H3/t18-,20-,22-,23-,24+,25+,27-/m1/s1. The molecule has 3 heteroatoms. The minimum atomic E-state index is -0.453. The number of allylic oxidation sites excluding steroid dienone is 2. The molecule has 0 heterocycles. The van der Waals surface area contributed by atoms with Crippen LogP contribution in [0.3, 0.4) is 0 Å². The van der Waals surface area contributed by atoms with Gasteiger partial charge in [-0.05, 0) is 100 Å². The fourth-order valence-electron chi connectivity index (χ4n) is 7.08. The average Bonchev–Trinajstić information content (AvgIpc) is 3.00.